The van der Waals surface area contributed by atoms with E-state index in [9.17, 15) is 0 Å². The van der Waals surface area contributed by atoms with Crippen LogP contribution in [-0.4, -0.2) is 47.4 Å². The fourth-order valence-electron chi connectivity index (χ4n) is 3.02. The Morgan fingerprint density at radius 1 is 0.931 bits per heavy atom. The van der Waals surface area contributed by atoms with E-state index in [-0.39, 0.29) is 24.0 Å². The first-order valence-electron chi connectivity index (χ1n) is 9.41. The van der Waals surface area contributed by atoms with Crippen LogP contribution in [0.4, 0.5) is 0 Å². The van der Waals surface area contributed by atoms with Gasteiger partial charge < -0.3 is 24.8 Å². The zero-order valence-electron chi connectivity index (χ0n) is 17.8. The number of para-hydroxylation sites is 1. The molecule has 1 atom stereocenters. The molecule has 0 aliphatic rings. The zero-order chi connectivity index (χ0) is 20.4. The maximum Gasteiger partial charge on any atom is 0.191 e. The van der Waals surface area contributed by atoms with Crippen molar-refractivity contribution >= 4 is 29.9 Å². The number of ether oxygens (including phenoxy) is 3. The second-order valence-electron chi connectivity index (χ2n) is 6.46. The Labute approximate surface area is 191 Å². The summed E-state index contributed by atoms with van der Waals surface area (Å²) in [4.78, 5) is 4.31. The third-order valence-corrected chi connectivity index (χ3v) is 4.62. The summed E-state index contributed by atoms with van der Waals surface area (Å²) >= 11 is 0. The molecule has 6 nitrogen and oxygen atoms in total. The van der Waals surface area contributed by atoms with Gasteiger partial charge >= 0.3 is 0 Å². The first kappa shape index (κ1) is 24.9. The summed E-state index contributed by atoms with van der Waals surface area (Å²) in [7, 11) is 6.77. The molecule has 0 saturated heterocycles. The standard InChI is InChI=1S/C22H31N3O3.HI/c1-16(18-8-6-7-9-19(18)26-3)15-25-22(23-2)24-13-12-17-10-11-20(27-4)21(14-17)28-5;/h6-11,14,16H,12-13,15H2,1-5H3,(H2,23,24,25);1H. The Hall–Kier alpha value is -2.16. The van der Waals surface area contributed by atoms with Crippen molar-refractivity contribution in [1.82, 2.24) is 10.6 Å². The number of nitrogens with zero attached hydrogens (tertiary/aromatic N) is 1. The monoisotopic (exact) mass is 513 g/mol. The van der Waals surface area contributed by atoms with Crippen LogP contribution < -0.4 is 24.8 Å². The van der Waals surface area contributed by atoms with Crippen LogP contribution in [0.15, 0.2) is 47.5 Å². The van der Waals surface area contributed by atoms with Crippen molar-refractivity contribution in [2.24, 2.45) is 4.99 Å². The smallest absolute Gasteiger partial charge is 0.191 e. The van der Waals surface area contributed by atoms with Crippen LogP contribution in [0.3, 0.4) is 0 Å². The summed E-state index contributed by atoms with van der Waals surface area (Å²) in [6, 6.07) is 14.1. The number of rotatable bonds is 9. The summed E-state index contributed by atoms with van der Waals surface area (Å²) in [5.74, 6) is 3.46. The molecule has 0 radical (unpaired) electrons. The molecule has 0 fully saturated rings. The van der Waals surface area contributed by atoms with Gasteiger partial charge in [-0.3, -0.25) is 4.99 Å². The van der Waals surface area contributed by atoms with Crippen molar-refractivity contribution in [2.75, 3.05) is 41.5 Å². The molecule has 160 valence electrons. The van der Waals surface area contributed by atoms with E-state index >= 15 is 0 Å². The SMILES string of the molecule is CN=C(NCCc1ccc(OC)c(OC)c1)NCC(C)c1ccccc1OC.I. The Balaban J connectivity index is 0.00000420. The van der Waals surface area contributed by atoms with Gasteiger partial charge in [0, 0.05) is 26.1 Å². The molecular formula is C22H32IN3O3. The molecule has 7 heteroatoms. The zero-order valence-corrected chi connectivity index (χ0v) is 20.2. The van der Waals surface area contributed by atoms with E-state index in [0.29, 0.717) is 5.92 Å². The quantitative estimate of drug-likeness (QED) is 0.303. The predicted molar refractivity (Wildman–Crippen MR) is 129 cm³/mol. The molecule has 29 heavy (non-hydrogen) atoms. The lowest BCUT2D eigenvalue weighted by molar-refractivity contribution is 0.354. The Bertz CT molecular complexity index is 784. The lowest BCUT2D eigenvalue weighted by atomic mass is 10.0. The van der Waals surface area contributed by atoms with Crippen LogP contribution in [0.5, 0.6) is 17.2 Å². The molecule has 0 saturated carbocycles. The summed E-state index contributed by atoms with van der Waals surface area (Å²) in [5, 5.41) is 6.74. The number of hydrogen-bond donors (Lipinski definition) is 2. The lowest BCUT2D eigenvalue weighted by Gasteiger charge is -2.18. The van der Waals surface area contributed by atoms with Gasteiger partial charge in [-0.2, -0.15) is 0 Å². The van der Waals surface area contributed by atoms with Crippen molar-refractivity contribution in [3.63, 3.8) is 0 Å². The molecule has 0 spiro atoms. The molecule has 0 aliphatic carbocycles. The van der Waals surface area contributed by atoms with Crippen LogP contribution in [0.1, 0.15) is 24.0 Å². The molecule has 0 heterocycles. The van der Waals surface area contributed by atoms with Crippen LogP contribution >= 0.6 is 24.0 Å². The van der Waals surface area contributed by atoms with Gasteiger partial charge in [-0.15, -0.1) is 24.0 Å². The molecule has 0 aromatic heterocycles. The third kappa shape index (κ3) is 7.30. The van der Waals surface area contributed by atoms with Gasteiger partial charge in [0.1, 0.15) is 5.75 Å². The molecule has 2 rings (SSSR count). The molecule has 0 amide bonds. The number of aliphatic imine (C=N–C) groups is 1. The number of methoxy groups -OCH3 is 3. The molecule has 0 aliphatic heterocycles. The first-order valence-corrected chi connectivity index (χ1v) is 9.41. The summed E-state index contributed by atoms with van der Waals surface area (Å²) < 4.78 is 16.1. The van der Waals surface area contributed by atoms with E-state index in [4.69, 9.17) is 14.2 Å². The Kier molecular flexibility index (Phi) is 11.3. The van der Waals surface area contributed by atoms with Crippen molar-refractivity contribution in [1.29, 1.82) is 0 Å². The van der Waals surface area contributed by atoms with Gasteiger partial charge in [-0.1, -0.05) is 31.2 Å². The van der Waals surface area contributed by atoms with E-state index < -0.39 is 0 Å². The van der Waals surface area contributed by atoms with Crippen molar-refractivity contribution in [2.45, 2.75) is 19.3 Å². The third-order valence-electron chi connectivity index (χ3n) is 4.62. The molecule has 2 N–H and O–H groups in total. The van der Waals surface area contributed by atoms with Gasteiger partial charge in [0.25, 0.3) is 0 Å². The average molecular weight is 513 g/mol. The highest BCUT2D eigenvalue weighted by atomic mass is 127. The number of nitrogens with one attached hydrogen (secondary N) is 2. The fourth-order valence-corrected chi connectivity index (χ4v) is 3.02. The van der Waals surface area contributed by atoms with E-state index in [1.165, 1.54) is 11.1 Å². The molecular weight excluding hydrogens is 481 g/mol. The minimum Gasteiger partial charge on any atom is -0.496 e. The second-order valence-corrected chi connectivity index (χ2v) is 6.46. The topological polar surface area (TPSA) is 64.1 Å². The van der Waals surface area contributed by atoms with Crippen molar-refractivity contribution < 1.29 is 14.2 Å². The van der Waals surface area contributed by atoms with Gasteiger partial charge in [-0.05, 0) is 35.7 Å². The molecule has 1 unspecified atom stereocenters. The molecule has 0 bridgehead atoms. The van der Waals surface area contributed by atoms with Crippen LogP contribution in [0.2, 0.25) is 0 Å². The van der Waals surface area contributed by atoms with E-state index in [1.54, 1.807) is 28.4 Å². The van der Waals surface area contributed by atoms with Gasteiger partial charge in [0.2, 0.25) is 0 Å². The van der Waals surface area contributed by atoms with Crippen LogP contribution in [-0.2, 0) is 6.42 Å². The molecule has 2 aromatic rings. The second kappa shape index (κ2) is 13.1. The van der Waals surface area contributed by atoms with Crippen molar-refractivity contribution in [3.05, 3.63) is 53.6 Å². The van der Waals surface area contributed by atoms with Crippen molar-refractivity contribution in [3.8, 4) is 17.2 Å². The van der Waals surface area contributed by atoms with Crippen LogP contribution in [0.25, 0.3) is 0 Å². The normalized spacial score (nSPS) is 11.8. The Morgan fingerprint density at radius 2 is 1.62 bits per heavy atom. The van der Waals surface area contributed by atoms with E-state index in [2.05, 4.69) is 28.6 Å². The largest absolute Gasteiger partial charge is 0.496 e. The first-order chi connectivity index (χ1) is 13.6. The minimum absolute atomic E-state index is 0. The maximum atomic E-state index is 5.46. The number of hydrogen-bond acceptors (Lipinski definition) is 4. The lowest BCUT2D eigenvalue weighted by Crippen LogP contribution is -2.39. The maximum absolute atomic E-state index is 5.46. The van der Waals surface area contributed by atoms with Gasteiger partial charge in [-0.25, -0.2) is 0 Å². The fraction of sp³-hybridized carbons (Fsp3) is 0.409. The highest BCUT2D eigenvalue weighted by Gasteiger charge is 2.11. The number of benzene rings is 2. The summed E-state index contributed by atoms with van der Waals surface area (Å²) in [6.07, 6.45) is 0.850. The highest BCUT2D eigenvalue weighted by Crippen LogP contribution is 2.27. The van der Waals surface area contributed by atoms with E-state index in [1.807, 2.05) is 36.4 Å². The van der Waals surface area contributed by atoms with Crippen LogP contribution in [0, 0.1) is 0 Å². The van der Waals surface area contributed by atoms with Gasteiger partial charge in [0.05, 0.1) is 21.3 Å². The summed E-state index contributed by atoms with van der Waals surface area (Å²) in [5.41, 5.74) is 2.35. The molecule has 2 aromatic carbocycles. The predicted octanol–water partition coefficient (Wildman–Crippen LogP) is 3.84. The van der Waals surface area contributed by atoms with Gasteiger partial charge in [0.15, 0.2) is 17.5 Å². The van der Waals surface area contributed by atoms with E-state index in [0.717, 1.165) is 42.7 Å². The summed E-state index contributed by atoms with van der Waals surface area (Å²) in [6.45, 7) is 3.69. The minimum atomic E-state index is 0. The Morgan fingerprint density at radius 3 is 2.28 bits per heavy atom. The highest BCUT2D eigenvalue weighted by molar-refractivity contribution is 14.0. The number of halogens is 1. The number of guanidine groups is 1. The average Bonchev–Trinajstić information content (AvgIpc) is 2.75.